The second-order valence-corrected chi connectivity index (χ2v) is 6.24. The molecule has 1 heterocycles. The summed E-state index contributed by atoms with van der Waals surface area (Å²) in [5.41, 5.74) is 6.67. The van der Waals surface area contributed by atoms with Crippen LogP contribution in [0, 0.1) is 0 Å². The first-order valence-corrected chi connectivity index (χ1v) is 9.13. The molecule has 0 aliphatic rings. The van der Waals surface area contributed by atoms with Crippen molar-refractivity contribution in [2.24, 2.45) is 5.73 Å². The molecule has 0 amide bonds. The van der Waals surface area contributed by atoms with Gasteiger partial charge in [-0.3, -0.25) is 4.79 Å². The third-order valence-corrected chi connectivity index (χ3v) is 4.04. The van der Waals surface area contributed by atoms with Crippen LogP contribution in [-0.2, 0) is 16.0 Å². The number of carbonyl (C=O) groups is 1. The first kappa shape index (κ1) is 23.6. The van der Waals surface area contributed by atoms with Gasteiger partial charge in [-0.2, -0.15) is 0 Å². The average molecular weight is 347 g/mol. The summed E-state index contributed by atoms with van der Waals surface area (Å²) in [6.45, 7) is 2.73. The van der Waals surface area contributed by atoms with E-state index < -0.39 is 6.04 Å². The Labute approximate surface area is 168 Å². The van der Waals surface area contributed by atoms with Gasteiger partial charge in [0.15, 0.2) is 0 Å². The van der Waals surface area contributed by atoms with Crippen molar-refractivity contribution in [3.8, 4) is 0 Å². The average Bonchev–Trinajstić information content (AvgIpc) is 3.05. The van der Waals surface area contributed by atoms with E-state index in [-0.39, 0.29) is 35.5 Å². The molecule has 0 bridgehead atoms. The Morgan fingerprint density at radius 2 is 1.71 bits per heavy atom. The van der Waals surface area contributed by atoms with Crippen molar-refractivity contribution in [3.63, 3.8) is 0 Å². The molecule has 0 radical (unpaired) electrons. The van der Waals surface area contributed by atoms with Crippen LogP contribution in [-0.4, -0.2) is 58.1 Å². The van der Waals surface area contributed by atoms with Gasteiger partial charge >= 0.3 is 35.5 Å². The molecule has 1 rings (SSSR count). The number of H-pyrrole nitrogens is 1. The Morgan fingerprint density at radius 1 is 1.12 bits per heavy atom. The molecule has 5 nitrogen and oxygen atoms in total. The van der Waals surface area contributed by atoms with Crippen LogP contribution in [0.4, 0.5) is 0 Å². The van der Waals surface area contributed by atoms with Crippen LogP contribution in [0.25, 0.3) is 0 Å². The predicted octanol–water partition coefficient (Wildman–Crippen LogP) is 3.10. The zero-order valence-corrected chi connectivity index (χ0v) is 14.6. The molecule has 0 aromatic carbocycles. The van der Waals surface area contributed by atoms with Gasteiger partial charge in [-0.15, -0.1) is 0 Å². The summed E-state index contributed by atoms with van der Waals surface area (Å²) in [5.74, 6) is -0.324. The quantitative estimate of drug-likeness (QED) is 0.308. The van der Waals surface area contributed by atoms with Crippen LogP contribution >= 0.6 is 0 Å². The molecule has 1 atom stereocenters. The van der Waals surface area contributed by atoms with Crippen LogP contribution in [0.2, 0.25) is 0 Å². The van der Waals surface area contributed by atoms with Gasteiger partial charge < -0.3 is 15.5 Å². The van der Waals surface area contributed by atoms with Crippen LogP contribution < -0.4 is 5.73 Å². The molecule has 0 fully saturated rings. The standard InChI is InChI=1S/C18H33N3O2.Na.H/c1-2-3-4-5-6-7-8-9-10-11-12-23-18(22)17(19)13-16-14-20-15-21-16;;/h14-15,17H,2-13,19H2,1H3,(H,20,21);;/t17-;;/m0../s1. The number of esters is 1. The van der Waals surface area contributed by atoms with Crippen molar-refractivity contribution < 1.29 is 9.53 Å². The number of carbonyl (C=O) groups excluding carboxylic acids is 1. The number of unbranched alkanes of at least 4 members (excludes halogenated alkanes) is 9. The van der Waals surface area contributed by atoms with E-state index in [4.69, 9.17) is 10.5 Å². The molecule has 6 heteroatoms. The molecule has 134 valence electrons. The van der Waals surface area contributed by atoms with Gasteiger partial charge in [0.05, 0.1) is 12.9 Å². The van der Waals surface area contributed by atoms with Gasteiger partial charge in [0.1, 0.15) is 6.04 Å². The van der Waals surface area contributed by atoms with Crippen molar-refractivity contribution in [3.05, 3.63) is 18.2 Å². The van der Waals surface area contributed by atoms with E-state index in [0.717, 1.165) is 18.5 Å². The maximum absolute atomic E-state index is 11.7. The van der Waals surface area contributed by atoms with E-state index in [2.05, 4.69) is 16.9 Å². The summed E-state index contributed by atoms with van der Waals surface area (Å²) in [7, 11) is 0. The Balaban J connectivity index is 0.00000529. The predicted molar refractivity (Wildman–Crippen MR) is 100 cm³/mol. The Bertz CT molecular complexity index is 399. The fourth-order valence-corrected chi connectivity index (χ4v) is 2.59. The topological polar surface area (TPSA) is 81.0 Å². The number of nitrogens with two attached hydrogens (primary N) is 1. The third kappa shape index (κ3) is 12.1. The van der Waals surface area contributed by atoms with E-state index in [0.29, 0.717) is 13.0 Å². The van der Waals surface area contributed by atoms with Gasteiger partial charge in [-0.05, 0) is 6.42 Å². The van der Waals surface area contributed by atoms with E-state index in [1.54, 1.807) is 12.5 Å². The fraction of sp³-hybridized carbons (Fsp3) is 0.778. The Morgan fingerprint density at radius 3 is 2.25 bits per heavy atom. The summed E-state index contributed by atoms with van der Waals surface area (Å²) in [4.78, 5) is 18.6. The zero-order chi connectivity index (χ0) is 16.8. The number of aromatic amines is 1. The van der Waals surface area contributed by atoms with Crippen molar-refractivity contribution in [2.45, 2.75) is 83.6 Å². The summed E-state index contributed by atoms with van der Waals surface area (Å²) in [6, 6.07) is -0.612. The second-order valence-electron chi connectivity index (χ2n) is 6.24. The van der Waals surface area contributed by atoms with Gasteiger partial charge in [-0.1, -0.05) is 64.7 Å². The third-order valence-electron chi connectivity index (χ3n) is 4.04. The molecule has 1 aromatic rings. The number of nitrogens with one attached hydrogen (secondary N) is 1. The van der Waals surface area contributed by atoms with Crippen LogP contribution in [0.15, 0.2) is 12.5 Å². The number of ether oxygens (including phenoxy) is 1. The number of nitrogens with zero attached hydrogens (tertiary/aromatic N) is 1. The summed E-state index contributed by atoms with van der Waals surface area (Å²) < 4.78 is 5.23. The first-order valence-electron chi connectivity index (χ1n) is 9.13. The molecule has 0 saturated carbocycles. The normalized spacial score (nSPS) is 11.8. The molecule has 0 aliphatic heterocycles. The van der Waals surface area contributed by atoms with Crippen molar-refractivity contribution >= 4 is 35.5 Å². The Kier molecular flexibility index (Phi) is 15.9. The Hall–Kier alpha value is -0.360. The van der Waals surface area contributed by atoms with Gasteiger partial charge in [0.25, 0.3) is 0 Å². The minimum atomic E-state index is -0.612. The SMILES string of the molecule is CCCCCCCCCCCCOC(=O)[C@@H](N)Cc1cnc[nH]1.[NaH]. The number of hydrogen-bond donors (Lipinski definition) is 2. The maximum atomic E-state index is 11.7. The van der Waals surface area contributed by atoms with Crippen molar-refractivity contribution in [1.82, 2.24) is 9.97 Å². The summed E-state index contributed by atoms with van der Waals surface area (Å²) in [6.07, 6.45) is 16.4. The van der Waals surface area contributed by atoms with Crippen LogP contribution in [0.5, 0.6) is 0 Å². The minimum absolute atomic E-state index is 0. The number of aromatic nitrogens is 2. The molecule has 0 spiro atoms. The van der Waals surface area contributed by atoms with Crippen molar-refractivity contribution in [1.29, 1.82) is 0 Å². The molecule has 3 N–H and O–H groups in total. The monoisotopic (exact) mass is 347 g/mol. The molecular weight excluding hydrogens is 313 g/mol. The fourth-order valence-electron chi connectivity index (χ4n) is 2.59. The number of hydrogen-bond acceptors (Lipinski definition) is 4. The summed E-state index contributed by atoms with van der Waals surface area (Å²) >= 11 is 0. The van der Waals surface area contributed by atoms with E-state index in [1.165, 1.54) is 51.4 Å². The molecule has 24 heavy (non-hydrogen) atoms. The second kappa shape index (κ2) is 16.1. The zero-order valence-electron chi connectivity index (χ0n) is 14.6. The summed E-state index contributed by atoms with van der Waals surface area (Å²) in [5, 5.41) is 0. The van der Waals surface area contributed by atoms with E-state index >= 15 is 0 Å². The molecular formula is C18H34N3NaO2. The van der Waals surface area contributed by atoms with Gasteiger partial charge in [0, 0.05) is 18.3 Å². The van der Waals surface area contributed by atoms with Crippen LogP contribution in [0.1, 0.15) is 76.8 Å². The van der Waals surface area contributed by atoms with Gasteiger partial charge in [0.2, 0.25) is 0 Å². The number of imidazole rings is 1. The van der Waals surface area contributed by atoms with Gasteiger partial charge in [-0.25, -0.2) is 4.98 Å². The van der Waals surface area contributed by atoms with E-state index in [9.17, 15) is 4.79 Å². The molecule has 0 saturated heterocycles. The van der Waals surface area contributed by atoms with E-state index in [1.807, 2.05) is 0 Å². The molecule has 0 aliphatic carbocycles. The van der Waals surface area contributed by atoms with Crippen LogP contribution in [0.3, 0.4) is 0 Å². The number of rotatable bonds is 14. The first-order chi connectivity index (χ1) is 11.2. The molecule has 0 unspecified atom stereocenters. The van der Waals surface area contributed by atoms with Crippen molar-refractivity contribution in [2.75, 3.05) is 6.61 Å². The molecule has 1 aromatic heterocycles.